The highest BCUT2D eigenvalue weighted by Gasteiger charge is 2.34. The minimum atomic E-state index is -0.680. The van der Waals surface area contributed by atoms with Crippen molar-refractivity contribution in [3.05, 3.63) is 53.6 Å². The van der Waals surface area contributed by atoms with Gasteiger partial charge in [-0.15, -0.1) is 0 Å². The summed E-state index contributed by atoms with van der Waals surface area (Å²) in [7, 11) is 0. The molecule has 0 radical (unpaired) electrons. The van der Waals surface area contributed by atoms with Crippen molar-refractivity contribution in [2.45, 2.75) is 25.9 Å². The number of fused-ring (bicyclic) bond motifs is 2. The lowest BCUT2D eigenvalue weighted by Crippen LogP contribution is -2.50. The first kappa shape index (κ1) is 17.3. The van der Waals surface area contributed by atoms with Crippen LogP contribution in [0.15, 0.2) is 42.5 Å². The lowest BCUT2D eigenvalue weighted by Gasteiger charge is -2.35. The van der Waals surface area contributed by atoms with Gasteiger partial charge in [0.05, 0.1) is 5.69 Å². The highest BCUT2D eigenvalue weighted by molar-refractivity contribution is 6.07. The smallest absolute Gasteiger partial charge is 0.268 e. The number of para-hydroxylation sites is 1. The normalized spacial score (nSPS) is 18.4. The van der Waals surface area contributed by atoms with Crippen LogP contribution in [0.2, 0.25) is 0 Å². The van der Waals surface area contributed by atoms with E-state index in [-0.39, 0.29) is 18.4 Å². The molecule has 0 aliphatic carbocycles. The Bertz CT molecular complexity index is 924. The van der Waals surface area contributed by atoms with E-state index in [0.717, 1.165) is 24.1 Å². The maximum atomic E-state index is 13.1. The number of ether oxygens (including phenoxy) is 1. The Morgan fingerprint density at radius 2 is 2.04 bits per heavy atom. The van der Waals surface area contributed by atoms with Crippen LogP contribution in [0.5, 0.6) is 5.75 Å². The first-order valence-corrected chi connectivity index (χ1v) is 9.04. The second kappa shape index (κ2) is 6.87. The molecule has 2 aromatic rings. The molecule has 1 atom stereocenters. The topological polar surface area (TPSA) is 66.9 Å². The summed E-state index contributed by atoms with van der Waals surface area (Å²) >= 11 is 0. The summed E-state index contributed by atoms with van der Waals surface area (Å²) in [5.41, 5.74) is 2.94. The Hall–Kier alpha value is -3.15. The Labute approximate surface area is 157 Å². The van der Waals surface area contributed by atoms with Gasteiger partial charge < -0.3 is 9.64 Å². The van der Waals surface area contributed by atoms with Crippen molar-refractivity contribution in [1.29, 1.82) is 0 Å². The molecule has 0 fully saturated rings. The molecule has 2 aliphatic rings. The number of aldehydes is 1. The van der Waals surface area contributed by atoms with E-state index < -0.39 is 6.10 Å². The Morgan fingerprint density at radius 3 is 2.85 bits per heavy atom. The quantitative estimate of drug-likeness (QED) is 0.785. The molecule has 2 aromatic carbocycles. The van der Waals surface area contributed by atoms with Crippen molar-refractivity contribution in [2.75, 3.05) is 22.9 Å². The summed E-state index contributed by atoms with van der Waals surface area (Å²) < 4.78 is 5.63. The van der Waals surface area contributed by atoms with Crippen LogP contribution in [-0.4, -0.2) is 37.3 Å². The number of nitrogens with zero attached hydrogens (tertiary/aromatic N) is 2. The van der Waals surface area contributed by atoms with Gasteiger partial charge in [0.15, 0.2) is 6.10 Å². The monoisotopic (exact) mass is 364 g/mol. The van der Waals surface area contributed by atoms with Crippen molar-refractivity contribution in [1.82, 2.24) is 0 Å². The zero-order chi connectivity index (χ0) is 19.0. The molecular weight excluding hydrogens is 344 g/mol. The van der Waals surface area contributed by atoms with E-state index in [1.165, 1.54) is 4.90 Å². The van der Waals surface area contributed by atoms with Crippen LogP contribution in [-0.2, 0) is 16.0 Å². The standard InChI is InChI=1S/C21H20N2O4/c1-14-21(26)23(18-11-15(13-24)8-9-19(18)27-14)12-20(25)22-10-4-6-16-5-2-3-7-17(16)22/h2-3,5,7-9,11,13-14H,4,6,10,12H2,1H3. The Kier molecular flexibility index (Phi) is 4.39. The van der Waals surface area contributed by atoms with Crippen molar-refractivity contribution in [3.63, 3.8) is 0 Å². The van der Waals surface area contributed by atoms with E-state index in [0.29, 0.717) is 29.8 Å². The molecule has 0 bridgehead atoms. The maximum Gasteiger partial charge on any atom is 0.268 e. The van der Waals surface area contributed by atoms with Crippen LogP contribution in [0.25, 0.3) is 0 Å². The van der Waals surface area contributed by atoms with E-state index in [2.05, 4.69) is 0 Å². The molecule has 2 amide bonds. The molecule has 0 spiro atoms. The molecule has 1 unspecified atom stereocenters. The summed E-state index contributed by atoms with van der Waals surface area (Å²) in [4.78, 5) is 40.1. The van der Waals surface area contributed by atoms with Crippen molar-refractivity contribution in [3.8, 4) is 5.75 Å². The summed E-state index contributed by atoms with van der Waals surface area (Å²) in [6.07, 6.45) is 1.87. The number of aryl methyl sites for hydroxylation is 1. The lowest BCUT2D eigenvalue weighted by atomic mass is 10.0. The zero-order valence-corrected chi connectivity index (χ0v) is 15.1. The third-order valence-corrected chi connectivity index (χ3v) is 5.03. The number of carbonyl (C=O) groups excluding carboxylic acids is 3. The molecular formula is C21H20N2O4. The molecule has 6 heteroatoms. The van der Waals surface area contributed by atoms with Gasteiger partial charge in [0, 0.05) is 17.8 Å². The van der Waals surface area contributed by atoms with Crippen LogP contribution in [0.4, 0.5) is 11.4 Å². The summed E-state index contributed by atoms with van der Waals surface area (Å²) in [6.45, 7) is 2.20. The molecule has 0 N–H and O–H groups in total. The van der Waals surface area contributed by atoms with Crippen molar-refractivity contribution >= 4 is 29.5 Å². The molecule has 6 nitrogen and oxygen atoms in total. The number of hydrogen-bond donors (Lipinski definition) is 0. The fourth-order valence-corrected chi connectivity index (χ4v) is 3.67. The maximum absolute atomic E-state index is 13.1. The van der Waals surface area contributed by atoms with Crippen LogP contribution < -0.4 is 14.5 Å². The largest absolute Gasteiger partial charge is 0.479 e. The van der Waals surface area contributed by atoms with Gasteiger partial charge >= 0.3 is 0 Å². The summed E-state index contributed by atoms with van der Waals surface area (Å²) in [6, 6.07) is 12.7. The third kappa shape index (κ3) is 3.07. The molecule has 138 valence electrons. The number of carbonyl (C=O) groups is 3. The number of anilines is 2. The SMILES string of the molecule is CC1Oc2ccc(C=O)cc2N(CC(=O)N2CCCc3ccccc32)C1=O. The molecule has 2 aliphatic heterocycles. The van der Waals surface area contributed by atoms with Crippen LogP contribution in [0.1, 0.15) is 29.3 Å². The fourth-order valence-electron chi connectivity index (χ4n) is 3.67. The predicted molar refractivity (Wildman–Crippen MR) is 101 cm³/mol. The second-order valence-corrected chi connectivity index (χ2v) is 6.81. The van der Waals surface area contributed by atoms with Gasteiger partial charge in [-0.25, -0.2) is 0 Å². The summed E-state index contributed by atoms with van der Waals surface area (Å²) in [5, 5.41) is 0. The van der Waals surface area contributed by atoms with Crippen LogP contribution in [0.3, 0.4) is 0 Å². The number of benzene rings is 2. The van der Waals surface area contributed by atoms with E-state index in [1.54, 1.807) is 30.0 Å². The molecule has 27 heavy (non-hydrogen) atoms. The number of hydrogen-bond acceptors (Lipinski definition) is 4. The van der Waals surface area contributed by atoms with Crippen molar-refractivity contribution in [2.24, 2.45) is 0 Å². The fraction of sp³-hybridized carbons (Fsp3) is 0.286. The minimum absolute atomic E-state index is 0.0871. The van der Waals surface area contributed by atoms with Crippen LogP contribution >= 0.6 is 0 Å². The average molecular weight is 364 g/mol. The van der Waals surface area contributed by atoms with E-state index >= 15 is 0 Å². The minimum Gasteiger partial charge on any atom is -0.479 e. The highest BCUT2D eigenvalue weighted by Crippen LogP contribution is 2.35. The Morgan fingerprint density at radius 1 is 1.22 bits per heavy atom. The number of amides is 2. The molecule has 4 rings (SSSR count). The Balaban J connectivity index is 1.65. The lowest BCUT2D eigenvalue weighted by molar-refractivity contribution is -0.127. The van der Waals surface area contributed by atoms with E-state index in [9.17, 15) is 14.4 Å². The van der Waals surface area contributed by atoms with E-state index in [1.807, 2.05) is 24.3 Å². The summed E-state index contributed by atoms with van der Waals surface area (Å²) in [5.74, 6) is 0.0655. The first-order chi connectivity index (χ1) is 13.1. The van der Waals surface area contributed by atoms with Gasteiger partial charge in [0.1, 0.15) is 18.6 Å². The predicted octanol–water partition coefficient (Wildman–Crippen LogP) is 2.59. The van der Waals surface area contributed by atoms with Crippen molar-refractivity contribution < 1.29 is 19.1 Å². The number of rotatable bonds is 3. The molecule has 0 aromatic heterocycles. The van der Waals surface area contributed by atoms with Gasteiger partial charge in [-0.2, -0.15) is 0 Å². The highest BCUT2D eigenvalue weighted by atomic mass is 16.5. The average Bonchev–Trinajstić information content (AvgIpc) is 2.70. The van der Waals surface area contributed by atoms with Gasteiger partial charge in [-0.3, -0.25) is 19.3 Å². The van der Waals surface area contributed by atoms with E-state index in [4.69, 9.17) is 4.74 Å². The van der Waals surface area contributed by atoms with Gasteiger partial charge in [-0.1, -0.05) is 18.2 Å². The van der Waals surface area contributed by atoms with Gasteiger partial charge in [0.25, 0.3) is 5.91 Å². The second-order valence-electron chi connectivity index (χ2n) is 6.81. The van der Waals surface area contributed by atoms with Gasteiger partial charge in [0.2, 0.25) is 5.91 Å². The van der Waals surface area contributed by atoms with Crippen LogP contribution in [0, 0.1) is 0 Å². The third-order valence-electron chi connectivity index (χ3n) is 5.03. The molecule has 0 saturated heterocycles. The first-order valence-electron chi connectivity index (χ1n) is 9.04. The van der Waals surface area contributed by atoms with Gasteiger partial charge in [-0.05, 0) is 49.6 Å². The zero-order valence-electron chi connectivity index (χ0n) is 15.1. The molecule has 2 heterocycles. The molecule has 0 saturated carbocycles.